The van der Waals surface area contributed by atoms with Gasteiger partial charge in [-0.15, -0.1) is 0 Å². The molecule has 1 amide bonds. The number of piperidine rings is 1. The summed E-state index contributed by atoms with van der Waals surface area (Å²) < 4.78 is 13.0. The molecule has 1 heterocycles. The van der Waals surface area contributed by atoms with Gasteiger partial charge in [0.05, 0.1) is 6.04 Å². The van der Waals surface area contributed by atoms with E-state index in [4.69, 9.17) is 5.11 Å². The van der Waals surface area contributed by atoms with E-state index in [2.05, 4.69) is 5.32 Å². The first-order valence-corrected chi connectivity index (χ1v) is 7.49. The molecule has 1 saturated heterocycles. The van der Waals surface area contributed by atoms with E-state index in [0.717, 1.165) is 24.9 Å². The molecule has 6 heteroatoms. The molecule has 0 saturated carbocycles. The SMILES string of the molecule is C[C@H](NC(=O)C1CCCCN1Cc1ccc(F)cc1)C(=O)O. The number of nitrogens with zero attached hydrogens (tertiary/aromatic N) is 1. The Morgan fingerprint density at radius 1 is 1.36 bits per heavy atom. The minimum atomic E-state index is -1.05. The van der Waals surface area contributed by atoms with E-state index in [1.54, 1.807) is 12.1 Å². The monoisotopic (exact) mass is 308 g/mol. The summed E-state index contributed by atoms with van der Waals surface area (Å²) >= 11 is 0. The highest BCUT2D eigenvalue weighted by Crippen LogP contribution is 2.20. The van der Waals surface area contributed by atoms with Crippen molar-refractivity contribution in [2.24, 2.45) is 0 Å². The smallest absolute Gasteiger partial charge is 0.325 e. The molecule has 1 fully saturated rings. The van der Waals surface area contributed by atoms with Gasteiger partial charge in [-0.1, -0.05) is 18.6 Å². The second-order valence-corrected chi connectivity index (χ2v) is 5.68. The number of aliphatic carboxylic acids is 1. The van der Waals surface area contributed by atoms with Crippen LogP contribution in [0, 0.1) is 5.82 Å². The molecule has 0 bridgehead atoms. The molecule has 1 aromatic carbocycles. The van der Waals surface area contributed by atoms with Gasteiger partial charge in [0.1, 0.15) is 11.9 Å². The maximum absolute atomic E-state index is 13.0. The molecule has 0 spiro atoms. The van der Waals surface area contributed by atoms with Crippen LogP contribution in [0.15, 0.2) is 24.3 Å². The van der Waals surface area contributed by atoms with Gasteiger partial charge in [-0.25, -0.2) is 4.39 Å². The van der Waals surface area contributed by atoms with Crippen LogP contribution >= 0.6 is 0 Å². The molecule has 1 unspecified atom stereocenters. The fourth-order valence-electron chi connectivity index (χ4n) is 2.67. The molecule has 5 nitrogen and oxygen atoms in total. The van der Waals surface area contributed by atoms with Crippen LogP contribution in [-0.2, 0) is 16.1 Å². The fourth-order valence-corrected chi connectivity index (χ4v) is 2.67. The van der Waals surface area contributed by atoms with Gasteiger partial charge in [0.25, 0.3) is 0 Å². The largest absolute Gasteiger partial charge is 0.480 e. The van der Waals surface area contributed by atoms with E-state index < -0.39 is 12.0 Å². The number of carbonyl (C=O) groups is 2. The van der Waals surface area contributed by atoms with Gasteiger partial charge in [0.2, 0.25) is 5.91 Å². The minimum absolute atomic E-state index is 0.253. The average molecular weight is 308 g/mol. The summed E-state index contributed by atoms with van der Waals surface area (Å²) in [4.78, 5) is 25.2. The van der Waals surface area contributed by atoms with Gasteiger partial charge in [-0.05, 0) is 44.0 Å². The van der Waals surface area contributed by atoms with E-state index in [9.17, 15) is 14.0 Å². The summed E-state index contributed by atoms with van der Waals surface area (Å²) in [5.74, 6) is -1.59. The third kappa shape index (κ3) is 4.27. The van der Waals surface area contributed by atoms with E-state index in [0.29, 0.717) is 13.0 Å². The molecule has 1 aliphatic heterocycles. The second-order valence-electron chi connectivity index (χ2n) is 5.68. The molecule has 1 aromatic rings. The average Bonchev–Trinajstić information content (AvgIpc) is 2.50. The molecule has 120 valence electrons. The summed E-state index contributed by atoms with van der Waals surface area (Å²) in [6.07, 6.45) is 2.65. The Labute approximate surface area is 129 Å². The van der Waals surface area contributed by atoms with Crippen LogP contribution in [0.25, 0.3) is 0 Å². The van der Waals surface area contributed by atoms with Gasteiger partial charge in [0, 0.05) is 6.54 Å². The summed E-state index contributed by atoms with van der Waals surface area (Å²) in [5, 5.41) is 11.4. The van der Waals surface area contributed by atoms with Crippen molar-refractivity contribution in [2.75, 3.05) is 6.54 Å². The van der Waals surface area contributed by atoms with Crippen molar-refractivity contribution in [1.29, 1.82) is 0 Å². The van der Waals surface area contributed by atoms with Crippen molar-refractivity contribution in [2.45, 2.75) is 44.8 Å². The molecule has 1 aliphatic rings. The Bertz CT molecular complexity index is 533. The number of halogens is 1. The summed E-state index contributed by atoms with van der Waals surface area (Å²) in [6.45, 7) is 2.78. The highest BCUT2D eigenvalue weighted by atomic mass is 19.1. The van der Waals surface area contributed by atoms with E-state index in [-0.39, 0.29) is 17.8 Å². The first-order chi connectivity index (χ1) is 10.5. The number of benzene rings is 1. The van der Waals surface area contributed by atoms with Crippen LogP contribution in [-0.4, -0.2) is 40.5 Å². The Morgan fingerprint density at radius 3 is 2.68 bits per heavy atom. The van der Waals surface area contributed by atoms with E-state index in [1.807, 2.05) is 4.90 Å². The van der Waals surface area contributed by atoms with Crippen LogP contribution < -0.4 is 5.32 Å². The van der Waals surface area contributed by atoms with Gasteiger partial charge < -0.3 is 10.4 Å². The van der Waals surface area contributed by atoms with E-state index >= 15 is 0 Å². The highest BCUT2D eigenvalue weighted by molar-refractivity contribution is 5.86. The van der Waals surface area contributed by atoms with Gasteiger partial charge in [-0.3, -0.25) is 14.5 Å². The van der Waals surface area contributed by atoms with Crippen LogP contribution in [0.1, 0.15) is 31.7 Å². The Kier molecular flexibility index (Phi) is 5.49. The number of carboxylic acid groups (broad SMARTS) is 1. The maximum atomic E-state index is 13.0. The topological polar surface area (TPSA) is 69.6 Å². The summed E-state index contributed by atoms with van der Waals surface area (Å²) in [7, 11) is 0. The summed E-state index contributed by atoms with van der Waals surface area (Å²) in [6, 6.07) is 4.99. The van der Waals surface area contributed by atoms with Crippen molar-refractivity contribution in [1.82, 2.24) is 10.2 Å². The Hall–Kier alpha value is -1.95. The maximum Gasteiger partial charge on any atom is 0.325 e. The lowest BCUT2D eigenvalue weighted by Gasteiger charge is -2.35. The van der Waals surface area contributed by atoms with Gasteiger partial charge in [-0.2, -0.15) is 0 Å². The first kappa shape index (κ1) is 16.4. The lowest BCUT2D eigenvalue weighted by Crippen LogP contribution is -2.52. The van der Waals surface area contributed by atoms with Crippen molar-refractivity contribution in [3.05, 3.63) is 35.6 Å². The fraction of sp³-hybridized carbons (Fsp3) is 0.500. The standard InChI is InChI=1S/C16H21FN2O3/c1-11(16(21)22)18-15(20)14-4-2-3-9-19(14)10-12-5-7-13(17)8-6-12/h5-8,11,14H,2-4,9-10H2,1H3,(H,18,20)(H,21,22)/t11-,14?/m0/s1. The van der Waals surface area contributed by atoms with Crippen LogP contribution in [0.5, 0.6) is 0 Å². The zero-order valence-electron chi connectivity index (χ0n) is 12.6. The quantitative estimate of drug-likeness (QED) is 0.870. The number of carbonyl (C=O) groups excluding carboxylic acids is 1. The zero-order valence-corrected chi connectivity index (χ0v) is 12.6. The molecule has 2 rings (SSSR count). The third-order valence-corrected chi connectivity index (χ3v) is 3.94. The lowest BCUT2D eigenvalue weighted by atomic mass is 10.00. The van der Waals surface area contributed by atoms with Gasteiger partial charge >= 0.3 is 5.97 Å². The molecular weight excluding hydrogens is 287 g/mol. The van der Waals surface area contributed by atoms with Gasteiger partial charge in [0.15, 0.2) is 0 Å². The second kappa shape index (κ2) is 7.35. The van der Waals surface area contributed by atoms with E-state index in [1.165, 1.54) is 19.1 Å². The van der Waals surface area contributed by atoms with Crippen LogP contribution in [0.4, 0.5) is 4.39 Å². The van der Waals surface area contributed by atoms with Crippen molar-refractivity contribution < 1.29 is 19.1 Å². The molecule has 0 aliphatic carbocycles. The predicted molar refractivity (Wildman–Crippen MR) is 79.7 cm³/mol. The Morgan fingerprint density at radius 2 is 2.05 bits per heavy atom. The molecule has 22 heavy (non-hydrogen) atoms. The highest BCUT2D eigenvalue weighted by Gasteiger charge is 2.30. The number of hydrogen-bond donors (Lipinski definition) is 2. The minimum Gasteiger partial charge on any atom is -0.480 e. The first-order valence-electron chi connectivity index (χ1n) is 7.49. The number of amides is 1. The van der Waals surface area contributed by atoms with Crippen LogP contribution in [0.3, 0.4) is 0 Å². The zero-order chi connectivity index (χ0) is 16.1. The predicted octanol–water partition coefficient (Wildman–Crippen LogP) is 1.77. The van der Waals surface area contributed by atoms with Crippen molar-refractivity contribution in [3.63, 3.8) is 0 Å². The number of rotatable bonds is 5. The molecule has 2 atom stereocenters. The number of carboxylic acids is 1. The van der Waals surface area contributed by atoms with Crippen molar-refractivity contribution in [3.8, 4) is 0 Å². The third-order valence-electron chi connectivity index (χ3n) is 3.94. The van der Waals surface area contributed by atoms with Crippen molar-refractivity contribution >= 4 is 11.9 Å². The summed E-state index contributed by atoms with van der Waals surface area (Å²) in [5.41, 5.74) is 0.937. The van der Waals surface area contributed by atoms with Crippen LogP contribution in [0.2, 0.25) is 0 Å². The molecular formula is C16H21FN2O3. The number of likely N-dealkylation sites (tertiary alicyclic amines) is 1. The molecule has 0 radical (unpaired) electrons. The molecule has 0 aromatic heterocycles. The Balaban J connectivity index is 2.02. The normalized spacial score (nSPS) is 20.4. The lowest BCUT2D eigenvalue weighted by molar-refractivity contribution is -0.142. The number of hydrogen-bond acceptors (Lipinski definition) is 3. The number of nitrogens with one attached hydrogen (secondary N) is 1. The molecule has 2 N–H and O–H groups in total.